The van der Waals surface area contributed by atoms with E-state index in [9.17, 15) is 9.59 Å². The van der Waals surface area contributed by atoms with Gasteiger partial charge in [0.15, 0.2) is 0 Å². The Kier molecular flexibility index (Phi) is 2.74. The van der Waals surface area contributed by atoms with Crippen molar-refractivity contribution in [1.29, 1.82) is 0 Å². The number of aromatic nitrogens is 2. The van der Waals surface area contributed by atoms with Crippen molar-refractivity contribution in [1.82, 2.24) is 10.2 Å². The Morgan fingerprint density at radius 2 is 2.17 bits per heavy atom. The van der Waals surface area contributed by atoms with E-state index in [1.807, 2.05) is 12.1 Å². The summed E-state index contributed by atoms with van der Waals surface area (Å²) in [7, 11) is 0. The van der Waals surface area contributed by atoms with Gasteiger partial charge < -0.3 is 4.90 Å². The zero-order valence-electron chi connectivity index (χ0n) is 9.57. The fraction of sp³-hybridized carbons (Fsp3) is 0.333. The van der Waals surface area contributed by atoms with E-state index in [0.29, 0.717) is 24.3 Å². The first-order valence-electron chi connectivity index (χ1n) is 5.76. The molecule has 0 radical (unpaired) electrons. The number of fused-ring (bicyclic) bond motifs is 1. The lowest BCUT2D eigenvalue weighted by atomic mass is 10.2. The lowest BCUT2D eigenvalue weighted by Crippen LogP contribution is -2.24. The zero-order valence-corrected chi connectivity index (χ0v) is 11.2. The van der Waals surface area contributed by atoms with Crippen LogP contribution in [0.4, 0.5) is 5.69 Å². The maximum atomic E-state index is 11.9. The third-order valence-corrected chi connectivity index (χ3v) is 4.21. The molecule has 2 N–H and O–H groups in total. The predicted molar refractivity (Wildman–Crippen MR) is 73.2 cm³/mol. The highest BCUT2D eigenvalue weighted by Crippen LogP contribution is 2.27. The predicted octanol–water partition coefficient (Wildman–Crippen LogP) is 1.60. The summed E-state index contributed by atoms with van der Waals surface area (Å²) in [4.78, 5) is 25.2. The average molecular weight is 310 g/mol. The molecule has 1 aliphatic rings. The van der Waals surface area contributed by atoms with E-state index in [-0.39, 0.29) is 11.5 Å². The summed E-state index contributed by atoms with van der Waals surface area (Å²) < 4.78 is 0. The molecule has 2 aromatic rings. The minimum atomic E-state index is -0.157. The van der Waals surface area contributed by atoms with Crippen molar-refractivity contribution < 1.29 is 4.79 Å². The van der Waals surface area contributed by atoms with Gasteiger partial charge in [-0.15, -0.1) is 0 Å². The number of nitrogens with one attached hydrogen (secondary N) is 2. The van der Waals surface area contributed by atoms with E-state index >= 15 is 0 Å². The number of nitrogens with zero attached hydrogens (tertiary/aromatic N) is 1. The molecule has 2 heterocycles. The summed E-state index contributed by atoms with van der Waals surface area (Å²) in [6, 6.07) is 5.44. The van der Waals surface area contributed by atoms with Crippen molar-refractivity contribution in [3.63, 3.8) is 0 Å². The first-order valence-corrected chi connectivity index (χ1v) is 6.88. The van der Waals surface area contributed by atoms with Gasteiger partial charge in [-0.25, -0.2) is 0 Å². The third-order valence-electron chi connectivity index (χ3n) is 3.29. The number of hydrogen-bond acceptors (Lipinski definition) is 2. The molecule has 94 valence electrons. The molecular weight excluding hydrogens is 298 g/mol. The van der Waals surface area contributed by atoms with E-state index < -0.39 is 0 Å². The van der Waals surface area contributed by atoms with E-state index in [1.165, 1.54) is 0 Å². The number of anilines is 1. The molecule has 0 bridgehead atoms. The second kappa shape index (κ2) is 4.28. The number of alkyl halides is 1. The largest absolute Gasteiger partial charge is 0.312 e. The van der Waals surface area contributed by atoms with Gasteiger partial charge in [0.25, 0.3) is 5.56 Å². The number of rotatable bonds is 2. The molecule has 1 saturated heterocycles. The molecule has 1 aliphatic heterocycles. The van der Waals surface area contributed by atoms with Crippen LogP contribution >= 0.6 is 15.9 Å². The van der Waals surface area contributed by atoms with Gasteiger partial charge in [0.1, 0.15) is 0 Å². The second-order valence-corrected chi connectivity index (χ2v) is 5.19. The van der Waals surface area contributed by atoms with Crippen molar-refractivity contribution in [2.24, 2.45) is 5.92 Å². The first kappa shape index (κ1) is 11.5. The minimum Gasteiger partial charge on any atom is -0.312 e. The van der Waals surface area contributed by atoms with Crippen LogP contribution in [0.1, 0.15) is 6.42 Å². The molecular formula is C12H12BrN3O2. The van der Waals surface area contributed by atoms with Crippen LogP contribution in [0.15, 0.2) is 23.0 Å². The van der Waals surface area contributed by atoms with Gasteiger partial charge in [0.05, 0.1) is 10.9 Å². The molecule has 1 aromatic carbocycles. The van der Waals surface area contributed by atoms with E-state index in [0.717, 1.165) is 16.5 Å². The fourth-order valence-electron chi connectivity index (χ4n) is 2.32. The number of aromatic amines is 2. The Balaban J connectivity index is 2.01. The maximum absolute atomic E-state index is 11.9. The molecule has 1 atom stereocenters. The van der Waals surface area contributed by atoms with Gasteiger partial charge in [0.2, 0.25) is 5.91 Å². The Morgan fingerprint density at radius 3 is 2.89 bits per heavy atom. The number of carbonyl (C=O) groups is 1. The van der Waals surface area contributed by atoms with Crippen molar-refractivity contribution in [2.75, 3.05) is 16.8 Å². The molecule has 18 heavy (non-hydrogen) atoms. The van der Waals surface area contributed by atoms with Crippen molar-refractivity contribution in [3.05, 3.63) is 28.6 Å². The standard InChI is InChI=1S/C12H12BrN3O2/c13-5-7-3-11(17)16(6-7)8-1-2-10-9(4-8)12(18)15-14-10/h1-2,4,7H,3,5-6H2,(H2,14,15,18). The highest BCUT2D eigenvalue weighted by atomic mass is 79.9. The molecule has 1 fully saturated rings. The van der Waals surface area contributed by atoms with E-state index in [4.69, 9.17) is 0 Å². The molecule has 3 rings (SSSR count). The van der Waals surface area contributed by atoms with Gasteiger partial charge in [-0.1, -0.05) is 15.9 Å². The van der Waals surface area contributed by atoms with Crippen LogP contribution in [0.25, 0.3) is 10.9 Å². The average Bonchev–Trinajstić information content (AvgIpc) is 2.93. The van der Waals surface area contributed by atoms with Crippen LogP contribution in [0.2, 0.25) is 0 Å². The quantitative estimate of drug-likeness (QED) is 0.827. The minimum absolute atomic E-state index is 0.116. The number of halogens is 1. The summed E-state index contributed by atoms with van der Waals surface area (Å²) in [6.45, 7) is 0.706. The SMILES string of the molecule is O=C1CC(CBr)CN1c1ccc2[nH][nH]c(=O)c2c1. The third kappa shape index (κ3) is 1.77. The summed E-state index contributed by atoms with van der Waals surface area (Å²) in [5.74, 6) is 0.462. The number of H-pyrrole nitrogens is 2. The van der Waals surface area contributed by atoms with Gasteiger partial charge >= 0.3 is 0 Å². The van der Waals surface area contributed by atoms with Crippen LogP contribution in [-0.2, 0) is 4.79 Å². The molecule has 0 spiro atoms. The molecule has 6 heteroatoms. The van der Waals surface area contributed by atoms with Crippen molar-refractivity contribution in [3.8, 4) is 0 Å². The molecule has 1 aromatic heterocycles. The van der Waals surface area contributed by atoms with Crippen LogP contribution < -0.4 is 10.5 Å². The summed E-state index contributed by atoms with van der Waals surface area (Å²) in [5, 5.41) is 6.73. The highest BCUT2D eigenvalue weighted by molar-refractivity contribution is 9.09. The van der Waals surface area contributed by atoms with Crippen molar-refractivity contribution in [2.45, 2.75) is 6.42 Å². The number of benzene rings is 1. The van der Waals surface area contributed by atoms with Gasteiger partial charge in [0, 0.05) is 24.0 Å². The number of hydrogen-bond donors (Lipinski definition) is 2. The molecule has 0 aliphatic carbocycles. The fourth-order valence-corrected chi connectivity index (χ4v) is 2.76. The van der Waals surface area contributed by atoms with Crippen LogP contribution in [0.5, 0.6) is 0 Å². The molecule has 1 unspecified atom stereocenters. The lowest BCUT2D eigenvalue weighted by Gasteiger charge is -2.16. The summed E-state index contributed by atoms with van der Waals surface area (Å²) in [5.41, 5.74) is 1.39. The Bertz CT molecular complexity index is 661. The monoisotopic (exact) mass is 309 g/mol. The van der Waals surface area contributed by atoms with Gasteiger partial charge in [-0.3, -0.25) is 19.8 Å². The maximum Gasteiger partial charge on any atom is 0.271 e. The first-order chi connectivity index (χ1) is 8.69. The van der Waals surface area contributed by atoms with Crippen molar-refractivity contribution >= 4 is 38.4 Å². The Hall–Kier alpha value is -1.56. The smallest absolute Gasteiger partial charge is 0.271 e. The normalized spacial score (nSPS) is 19.9. The number of carbonyl (C=O) groups excluding carboxylic acids is 1. The van der Waals surface area contributed by atoms with Gasteiger partial charge in [-0.2, -0.15) is 0 Å². The molecule has 5 nitrogen and oxygen atoms in total. The Morgan fingerprint density at radius 1 is 1.33 bits per heavy atom. The zero-order chi connectivity index (χ0) is 12.7. The van der Waals surface area contributed by atoms with Crippen LogP contribution in [-0.4, -0.2) is 28.0 Å². The van der Waals surface area contributed by atoms with Crippen LogP contribution in [0.3, 0.4) is 0 Å². The second-order valence-electron chi connectivity index (χ2n) is 4.54. The highest BCUT2D eigenvalue weighted by Gasteiger charge is 2.29. The summed E-state index contributed by atoms with van der Waals surface area (Å²) >= 11 is 3.41. The number of amides is 1. The topological polar surface area (TPSA) is 69.0 Å². The van der Waals surface area contributed by atoms with E-state index in [1.54, 1.807) is 11.0 Å². The van der Waals surface area contributed by atoms with Gasteiger partial charge in [-0.05, 0) is 24.1 Å². The van der Waals surface area contributed by atoms with E-state index in [2.05, 4.69) is 26.1 Å². The molecule has 0 saturated carbocycles. The van der Waals surface area contributed by atoms with Crippen LogP contribution in [0, 0.1) is 5.92 Å². The summed E-state index contributed by atoms with van der Waals surface area (Å²) in [6.07, 6.45) is 0.562. The molecule has 1 amide bonds. The lowest BCUT2D eigenvalue weighted by molar-refractivity contribution is -0.117. The Labute approximate surface area is 111 Å².